The number of hydrogen-bond donors (Lipinski definition) is 1. The fourth-order valence-corrected chi connectivity index (χ4v) is 4.34. The van der Waals surface area contributed by atoms with Gasteiger partial charge in [-0.05, 0) is 19.8 Å². The molecule has 0 unspecified atom stereocenters. The highest BCUT2D eigenvalue weighted by atomic mass is 16.5. The van der Waals surface area contributed by atoms with Crippen molar-refractivity contribution in [3.63, 3.8) is 0 Å². The van der Waals surface area contributed by atoms with Crippen molar-refractivity contribution in [2.24, 2.45) is 11.3 Å². The zero-order valence-corrected chi connectivity index (χ0v) is 9.26. The molecule has 1 N–H and O–H groups in total. The summed E-state index contributed by atoms with van der Waals surface area (Å²) in [5.41, 5.74) is -0.874. The van der Waals surface area contributed by atoms with Crippen molar-refractivity contribution in [1.82, 2.24) is 0 Å². The minimum atomic E-state index is -0.579. The molecule has 3 aliphatic rings. The first-order valence-electron chi connectivity index (χ1n) is 5.62. The molecule has 78 valence electrons. The van der Waals surface area contributed by atoms with Gasteiger partial charge in [0, 0.05) is 5.41 Å². The zero-order chi connectivity index (χ0) is 10.2. The van der Waals surface area contributed by atoms with E-state index in [1.54, 1.807) is 0 Å². The van der Waals surface area contributed by atoms with E-state index in [1.165, 1.54) is 5.92 Å². The van der Waals surface area contributed by atoms with Crippen LogP contribution in [0, 0.1) is 17.3 Å². The second-order valence-corrected chi connectivity index (χ2v) is 5.96. The Labute approximate surface area is 85.6 Å². The van der Waals surface area contributed by atoms with Gasteiger partial charge < -0.3 is 9.84 Å². The molecule has 0 spiro atoms. The largest absolute Gasteiger partial charge is 0.381 e. The molecule has 2 nitrogen and oxygen atoms in total. The molecule has 2 aliphatic carbocycles. The molecule has 3 rings (SSSR count). The Morgan fingerprint density at radius 2 is 2.14 bits per heavy atom. The van der Waals surface area contributed by atoms with E-state index in [0.29, 0.717) is 5.92 Å². The zero-order valence-electron chi connectivity index (χ0n) is 9.26. The van der Waals surface area contributed by atoms with E-state index in [1.807, 2.05) is 0 Å². The lowest BCUT2D eigenvalue weighted by atomic mass is 9.70. The Hall–Kier alpha value is -0.210. The van der Waals surface area contributed by atoms with Gasteiger partial charge in [0.1, 0.15) is 23.5 Å². The molecule has 4 atom stereocenters. The SMILES string of the molecule is C[C+]1C[C@@]2(C)OC[C@@]3(C)CC[C@@H]1[C@]32O. The summed E-state index contributed by atoms with van der Waals surface area (Å²) in [7, 11) is 0. The summed E-state index contributed by atoms with van der Waals surface area (Å²) in [6.07, 6.45) is 3.21. The predicted octanol–water partition coefficient (Wildman–Crippen LogP) is 1.92. The van der Waals surface area contributed by atoms with Crippen molar-refractivity contribution in [2.75, 3.05) is 6.61 Å². The maximum Gasteiger partial charge on any atom is 0.148 e. The minimum absolute atomic E-state index is 0.00414. The molecule has 2 saturated carbocycles. The van der Waals surface area contributed by atoms with Crippen LogP contribution in [-0.2, 0) is 4.74 Å². The molecule has 1 aliphatic heterocycles. The second-order valence-electron chi connectivity index (χ2n) is 5.96. The Balaban J connectivity index is 2.15. The minimum Gasteiger partial charge on any atom is -0.381 e. The van der Waals surface area contributed by atoms with E-state index in [2.05, 4.69) is 20.8 Å². The molecule has 2 heteroatoms. The fraction of sp³-hybridized carbons (Fsp3) is 0.917. The van der Waals surface area contributed by atoms with Crippen LogP contribution in [0.25, 0.3) is 0 Å². The van der Waals surface area contributed by atoms with Crippen molar-refractivity contribution >= 4 is 0 Å². The Morgan fingerprint density at radius 1 is 1.43 bits per heavy atom. The molecule has 0 radical (unpaired) electrons. The maximum atomic E-state index is 11.0. The molecule has 0 bridgehead atoms. The van der Waals surface area contributed by atoms with Crippen molar-refractivity contribution in [2.45, 2.75) is 51.2 Å². The van der Waals surface area contributed by atoms with E-state index in [4.69, 9.17) is 4.74 Å². The van der Waals surface area contributed by atoms with Gasteiger partial charge in [-0.3, -0.25) is 0 Å². The normalized spacial score (nSPS) is 60.9. The number of hydrogen-bond acceptors (Lipinski definition) is 2. The highest BCUT2D eigenvalue weighted by Crippen LogP contribution is 2.68. The van der Waals surface area contributed by atoms with Crippen LogP contribution in [0.5, 0.6) is 0 Å². The van der Waals surface area contributed by atoms with Crippen molar-refractivity contribution in [3.05, 3.63) is 5.92 Å². The first kappa shape index (κ1) is 9.05. The average Bonchev–Trinajstić information content (AvgIpc) is 2.56. The summed E-state index contributed by atoms with van der Waals surface area (Å²) in [6, 6.07) is 0. The summed E-state index contributed by atoms with van der Waals surface area (Å²) in [5.74, 6) is 1.83. The third-order valence-electron chi connectivity index (χ3n) is 5.14. The summed E-state index contributed by atoms with van der Waals surface area (Å²) in [5, 5.41) is 11.0. The van der Waals surface area contributed by atoms with Crippen LogP contribution in [0.2, 0.25) is 0 Å². The van der Waals surface area contributed by atoms with E-state index in [0.717, 1.165) is 25.9 Å². The molecule has 1 heterocycles. The molecule has 0 aromatic carbocycles. The van der Waals surface area contributed by atoms with Crippen LogP contribution in [0.1, 0.15) is 40.0 Å². The van der Waals surface area contributed by atoms with Gasteiger partial charge in [0.05, 0.1) is 19.4 Å². The third kappa shape index (κ3) is 0.655. The monoisotopic (exact) mass is 195 g/mol. The predicted molar refractivity (Wildman–Crippen MR) is 53.7 cm³/mol. The van der Waals surface area contributed by atoms with E-state index >= 15 is 0 Å². The summed E-state index contributed by atoms with van der Waals surface area (Å²) in [6.45, 7) is 7.20. The molecule has 1 saturated heterocycles. The summed E-state index contributed by atoms with van der Waals surface area (Å²) in [4.78, 5) is 0. The molecule has 0 aromatic heterocycles. The Morgan fingerprint density at radius 3 is 2.86 bits per heavy atom. The highest BCUT2D eigenvalue weighted by molar-refractivity contribution is 5.31. The van der Waals surface area contributed by atoms with Gasteiger partial charge in [-0.1, -0.05) is 6.92 Å². The lowest BCUT2D eigenvalue weighted by Crippen LogP contribution is -2.53. The van der Waals surface area contributed by atoms with Gasteiger partial charge in [-0.25, -0.2) is 0 Å². The van der Waals surface area contributed by atoms with Gasteiger partial charge in [-0.2, -0.15) is 0 Å². The van der Waals surface area contributed by atoms with Gasteiger partial charge in [0.15, 0.2) is 0 Å². The van der Waals surface area contributed by atoms with E-state index in [-0.39, 0.29) is 11.0 Å². The molecule has 0 aromatic rings. The maximum absolute atomic E-state index is 11.0. The van der Waals surface area contributed by atoms with Crippen LogP contribution >= 0.6 is 0 Å². The lowest BCUT2D eigenvalue weighted by molar-refractivity contribution is -0.117. The fourth-order valence-electron chi connectivity index (χ4n) is 4.34. The van der Waals surface area contributed by atoms with Gasteiger partial charge >= 0.3 is 0 Å². The van der Waals surface area contributed by atoms with Gasteiger partial charge in [-0.15, -0.1) is 0 Å². The molecular formula is C12H19O2+. The van der Waals surface area contributed by atoms with Crippen LogP contribution in [0.4, 0.5) is 0 Å². The third-order valence-corrected chi connectivity index (χ3v) is 5.14. The number of ether oxygens (including phenoxy) is 1. The first-order valence-corrected chi connectivity index (χ1v) is 5.62. The van der Waals surface area contributed by atoms with Gasteiger partial charge in [0.25, 0.3) is 0 Å². The van der Waals surface area contributed by atoms with E-state index in [9.17, 15) is 5.11 Å². The van der Waals surface area contributed by atoms with Crippen molar-refractivity contribution in [1.29, 1.82) is 0 Å². The smallest absolute Gasteiger partial charge is 0.148 e. The Bertz CT molecular complexity index is 290. The van der Waals surface area contributed by atoms with Crippen molar-refractivity contribution < 1.29 is 9.84 Å². The van der Waals surface area contributed by atoms with Crippen molar-refractivity contribution in [3.8, 4) is 0 Å². The molecule has 0 amide bonds. The number of rotatable bonds is 0. The average molecular weight is 195 g/mol. The standard InChI is InChI=1S/C12H19O2/c1-8-6-11(3)12(13)9(8)4-5-10(12,2)7-14-11/h9,13H,4-7H2,1-3H3/q+1/t9-,10+,11+,12-/m0/s1. The van der Waals surface area contributed by atoms with Crippen LogP contribution in [0.3, 0.4) is 0 Å². The molecule has 3 fully saturated rings. The molecule has 14 heavy (non-hydrogen) atoms. The van der Waals surface area contributed by atoms with Crippen LogP contribution < -0.4 is 0 Å². The van der Waals surface area contributed by atoms with Gasteiger partial charge in [0.2, 0.25) is 0 Å². The molecular weight excluding hydrogens is 176 g/mol. The summed E-state index contributed by atoms with van der Waals surface area (Å²) < 4.78 is 5.90. The number of aliphatic hydroxyl groups is 1. The van der Waals surface area contributed by atoms with E-state index < -0.39 is 5.60 Å². The highest BCUT2D eigenvalue weighted by Gasteiger charge is 2.80. The van der Waals surface area contributed by atoms with Crippen LogP contribution in [0.15, 0.2) is 0 Å². The Kier molecular flexibility index (Phi) is 1.39. The summed E-state index contributed by atoms with van der Waals surface area (Å²) >= 11 is 0. The second kappa shape index (κ2) is 2.14. The topological polar surface area (TPSA) is 29.5 Å². The quantitative estimate of drug-likeness (QED) is 0.598. The lowest BCUT2D eigenvalue weighted by Gasteiger charge is -2.35. The van der Waals surface area contributed by atoms with Crippen LogP contribution in [-0.4, -0.2) is 22.9 Å². The first-order chi connectivity index (χ1) is 6.43.